The Balaban J connectivity index is 1.54. The van der Waals surface area contributed by atoms with Crippen LogP contribution in [0.3, 0.4) is 0 Å². The van der Waals surface area contributed by atoms with Gasteiger partial charge in [-0.3, -0.25) is 0 Å². The maximum Gasteiger partial charge on any atom is 0.0594 e. The molecule has 0 bridgehead atoms. The summed E-state index contributed by atoms with van der Waals surface area (Å²) in [4.78, 5) is 0. The van der Waals surface area contributed by atoms with E-state index < -0.39 is 5.60 Å². The average Bonchev–Trinajstić information content (AvgIpc) is 2.91. The molecule has 2 heteroatoms. The van der Waals surface area contributed by atoms with Crippen LogP contribution in [0.2, 0.25) is 0 Å². The third-order valence-corrected chi connectivity index (χ3v) is 10.2. The molecule has 9 atom stereocenters. The third-order valence-electron chi connectivity index (χ3n) is 10.2. The van der Waals surface area contributed by atoms with Gasteiger partial charge in [-0.05, 0) is 124 Å². The summed E-state index contributed by atoms with van der Waals surface area (Å²) in [5, 5.41) is 20.6. The molecule has 0 aliphatic heterocycles. The van der Waals surface area contributed by atoms with Crippen LogP contribution >= 0.6 is 0 Å². The van der Waals surface area contributed by atoms with Crippen LogP contribution in [0.15, 0.2) is 0 Å². The Morgan fingerprint density at radius 2 is 1.59 bits per heavy atom. The summed E-state index contributed by atoms with van der Waals surface area (Å²) in [6.45, 7) is 11.6. The fraction of sp³-hybridized carbons (Fsp3) is 1.00. The number of hydrogen-bond donors (Lipinski definition) is 2. The molecule has 4 fully saturated rings. The van der Waals surface area contributed by atoms with Crippen molar-refractivity contribution in [2.75, 3.05) is 0 Å². The Bertz CT molecular complexity index is 551. The Morgan fingerprint density at radius 3 is 2.30 bits per heavy atom. The minimum atomic E-state index is -0.542. The second-order valence-electron chi connectivity index (χ2n) is 12.3. The van der Waals surface area contributed by atoms with Crippen LogP contribution in [0.25, 0.3) is 0 Å². The van der Waals surface area contributed by atoms with Crippen molar-refractivity contribution >= 4 is 0 Å². The number of aliphatic hydroxyl groups is 2. The molecule has 0 aromatic heterocycles. The van der Waals surface area contributed by atoms with Gasteiger partial charge in [-0.25, -0.2) is 0 Å². The number of fused-ring (bicyclic) bond motifs is 5. The van der Waals surface area contributed by atoms with Crippen molar-refractivity contribution in [2.24, 2.45) is 46.3 Å². The van der Waals surface area contributed by atoms with Crippen LogP contribution in [-0.2, 0) is 0 Å². The molecule has 0 unspecified atom stereocenters. The lowest BCUT2D eigenvalue weighted by Gasteiger charge is -2.61. The van der Waals surface area contributed by atoms with Gasteiger partial charge >= 0.3 is 0 Å². The summed E-state index contributed by atoms with van der Waals surface area (Å²) in [6.07, 6.45) is 12.6. The summed E-state index contributed by atoms with van der Waals surface area (Å²) in [7, 11) is 0. The SMILES string of the molecule is C[C@H](CC(C)(C)O)[C@H]1CC[C@@H]2[C@H]3CC[C@H]4C[C@@H](O)CC[C@]4(C)[C@@H]3CC[C@]21C. The van der Waals surface area contributed by atoms with E-state index in [1.165, 1.54) is 44.9 Å². The molecule has 2 nitrogen and oxygen atoms in total. The summed E-state index contributed by atoms with van der Waals surface area (Å²) >= 11 is 0. The summed E-state index contributed by atoms with van der Waals surface area (Å²) in [6, 6.07) is 0. The van der Waals surface area contributed by atoms with Crippen molar-refractivity contribution in [3.8, 4) is 0 Å². The lowest BCUT2D eigenvalue weighted by Crippen LogP contribution is -2.54. The van der Waals surface area contributed by atoms with Gasteiger partial charge < -0.3 is 10.2 Å². The first-order chi connectivity index (χ1) is 12.5. The normalized spacial score (nSPS) is 51.2. The monoisotopic (exact) mass is 376 g/mol. The highest BCUT2D eigenvalue weighted by Gasteiger charge is 2.60. The van der Waals surface area contributed by atoms with E-state index in [0.29, 0.717) is 16.7 Å². The lowest BCUT2D eigenvalue weighted by atomic mass is 9.44. The molecule has 2 N–H and O–H groups in total. The quantitative estimate of drug-likeness (QED) is 0.653. The zero-order valence-electron chi connectivity index (χ0n) is 18.5. The van der Waals surface area contributed by atoms with Crippen molar-refractivity contribution in [2.45, 2.75) is 111 Å². The second kappa shape index (κ2) is 6.73. The van der Waals surface area contributed by atoms with Crippen LogP contribution in [0.1, 0.15) is 98.8 Å². The highest BCUT2D eigenvalue weighted by Crippen LogP contribution is 2.68. The zero-order chi connectivity index (χ0) is 19.6. The van der Waals surface area contributed by atoms with Crippen LogP contribution in [0.4, 0.5) is 0 Å². The molecule has 4 aliphatic rings. The standard InChI is InChI=1S/C25H44O2/c1-16(15-23(2,3)27)20-8-9-21-19-7-6-17-14-18(26)10-12-24(17,4)22(19)11-13-25(20,21)5/h16-22,26-27H,6-15H2,1-5H3/t16-,17+,18+,19-,20-,21-,22-,24+,25+/m1/s1. The van der Waals surface area contributed by atoms with Crippen molar-refractivity contribution < 1.29 is 10.2 Å². The van der Waals surface area contributed by atoms with E-state index in [4.69, 9.17) is 0 Å². The van der Waals surface area contributed by atoms with E-state index in [1.54, 1.807) is 0 Å². The van der Waals surface area contributed by atoms with Gasteiger partial charge in [-0.1, -0.05) is 20.8 Å². The van der Waals surface area contributed by atoms with Gasteiger partial charge in [0.2, 0.25) is 0 Å². The molecular weight excluding hydrogens is 332 g/mol. The van der Waals surface area contributed by atoms with E-state index in [-0.39, 0.29) is 6.10 Å². The second-order valence-corrected chi connectivity index (χ2v) is 12.3. The highest BCUT2D eigenvalue weighted by atomic mass is 16.3. The van der Waals surface area contributed by atoms with Gasteiger partial charge in [0.1, 0.15) is 0 Å². The number of hydrogen-bond acceptors (Lipinski definition) is 2. The fourth-order valence-electron chi connectivity index (χ4n) is 9.14. The Morgan fingerprint density at radius 1 is 0.926 bits per heavy atom. The molecule has 0 saturated heterocycles. The molecule has 4 aliphatic carbocycles. The van der Waals surface area contributed by atoms with Crippen molar-refractivity contribution in [3.63, 3.8) is 0 Å². The van der Waals surface area contributed by atoms with Crippen LogP contribution < -0.4 is 0 Å². The summed E-state index contributed by atoms with van der Waals surface area (Å²) < 4.78 is 0. The third kappa shape index (κ3) is 3.31. The van der Waals surface area contributed by atoms with Gasteiger partial charge in [0, 0.05) is 0 Å². The van der Waals surface area contributed by atoms with Gasteiger partial charge in [0.15, 0.2) is 0 Å². The summed E-state index contributed by atoms with van der Waals surface area (Å²) in [5.74, 6) is 4.87. The molecule has 4 rings (SSSR count). The maximum atomic E-state index is 10.4. The fourth-order valence-corrected chi connectivity index (χ4v) is 9.14. The predicted molar refractivity (Wildman–Crippen MR) is 111 cm³/mol. The van der Waals surface area contributed by atoms with Crippen molar-refractivity contribution in [3.05, 3.63) is 0 Å². The average molecular weight is 377 g/mol. The first-order valence-corrected chi connectivity index (χ1v) is 11.9. The minimum absolute atomic E-state index is 0.0352. The highest BCUT2D eigenvalue weighted by molar-refractivity contribution is 5.09. The Labute approximate surface area is 167 Å². The van der Waals surface area contributed by atoms with E-state index in [9.17, 15) is 10.2 Å². The molecule has 0 radical (unpaired) electrons. The van der Waals surface area contributed by atoms with E-state index >= 15 is 0 Å². The van der Waals surface area contributed by atoms with E-state index in [2.05, 4.69) is 20.8 Å². The van der Waals surface area contributed by atoms with Gasteiger partial charge in [0.05, 0.1) is 11.7 Å². The maximum absolute atomic E-state index is 10.4. The topological polar surface area (TPSA) is 40.5 Å². The van der Waals surface area contributed by atoms with Gasteiger partial charge in [-0.15, -0.1) is 0 Å². The molecule has 0 aromatic rings. The van der Waals surface area contributed by atoms with E-state index in [0.717, 1.165) is 48.9 Å². The smallest absolute Gasteiger partial charge is 0.0594 e. The first kappa shape index (κ1) is 20.2. The molecule has 0 heterocycles. The number of rotatable bonds is 3. The zero-order valence-corrected chi connectivity index (χ0v) is 18.5. The van der Waals surface area contributed by atoms with Crippen LogP contribution in [-0.4, -0.2) is 21.9 Å². The van der Waals surface area contributed by atoms with E-state index in [1.807, 2.05) is 13.8 Å². The Hall–Kier alpha value is -0.0800. The van der Waals surface area contributed by atoms with Gasteiger partial charge in [-0.2, -0.15) is 0 Å². The summed E-state index contributed by atoms with van der Waals surface area (Å²) in [5.41, 5.74) is 0.434. The Kier molecular flexibility index (Phi) is 5.03. The van der Waals surface area contributed by atoms with Gasteiger partial charge in [0.25, 0.3) is 0 Å². The predicted octanol–water partition coefficient (Wildman–Crippen LogP) is 5.80. The largest absolute Gasteiger partial charge is 0.393 e. The molecular formula is C25H44O2. The molecule has 4 saturated carbocycles. The molecule has 0 amide bonds. The van der Waals surface area contributed by atoms with Crippen molar-refractivity contribution in [1.82, 2.24) is 0 Å². The molecule has 27 heavy (non-hydrogen) atoms. The first-order valence-electron chi connectivity index (χ1n) is 11.9. The molecule has 156 valence electrons. The molecule has 0 spiro atoms. The number of aliphatic hydroxyl groups excluding tert-OH is 1. The van der Waals surface area contributed by atoms with Crippen LogP contribution in [0, 0.1) is 46.3 Å². The lowest BCUT2D eigenvalue weighted by molar-refractivity contribution is -0.130. The molecule has 0 aromatic carbocycles. The van der Waals surface area contributed by atoms with Crippen molar-refractivity contribution in [1.29, 1.82) is 0 Å². The van der Waals surface area contributed by atoms with Crippen LogP contribution in [0.5, 0.6) is 0 Å². The minimum Gasteiger partial charge on any atom is -0.393 e.